The van der Waals surface area contributed by atoms with E-state index in [0.29, 0.717) is 11.6 Å². The number of hydrogen-bond donors (Lipinski definition) is 2. The number of hydrogen-bond acceptors (Lipinski definition) is 6. The number of imide groups is 1. The summed E-state index contributed by atoms with van der Waals surface area (Å²) in [5, 5.41) is 4.43. The first-order chi connectivity index (χ1) is 22.9. The zero-order valence-electron chi connectivity index (χ0n) is 27.7. The minimum atomic E-state index is -1.59. The number of nitrogens with one attached hydrogen (secondary N) is 2. The van der Waals surface area contributed by atoms with E-state index in [0.717, 1.165) is 18.2 Å². The molecule has 1 saturated carbocycles. The zero-order chi connectivity index (χ0) is 37.7. The second-order valence-corrected chi connectivity index (χ2v) is 15.3. The van der Waals surface area contributed by atoms with Crippen molar-refractivity contribution in [3.05, 3.63) is 87.4 Å². The molecule has 0 bridgehead atoms. The summed E-state index contributed by atoms with van der Waals surface area (Å²) < 4.78 is 68.8. The first-order valence-corrected chi connectivity index (χ1v) is 16.1. The van der Waals surface area contributed by atoms with Crippen LogP contribution in [0.25, 0.3) is 0 Å². The Labute approximate surface area is 300 Å². The highest BCUT2D eigenvalue weighted by atomic mass is 35.5. The van der Waals surface area contributed by atoms with Crippen molar-refractivity contribution in [3.63, 3.8) is 0 Å². The van der Waals surface area contributed by atoms with Gasteiger partial charge in [-0.1, -0.05) is 17.7 Å². The van der Waals surface area contributed by atoms with Gasteiger partial charge in [0.05, 0.1) is 22.2 Å². The minimum Gasteiger partial charge on any atom is -0.443 e. The van der Waals surface area contributed by atoms with Crippen molar-refractivity contribution in [1.82, 2.24) is 0 Å². The molecule has 50 heavy (non-hydrogen) atoms. The third-order valence-electron chi connectivity index (χ3n) is 7.10. The molecule has 268 valence electrons. The number of carbonyl (C=O) groups excluding carboxylic acids is 4. The van der Waals surface area contributed by atoms with Crippen LogP contribution < -0.4 is 15.5 Å². The average molecular weight is 761 g/mol. The fourth-order valence-corrected chi connectivity index (χ4v) is 5.92. The number of benzene rings is 3. The van der Waals surface area contributed by atoms with Crippen molar-refractivity contribution in [1.29, 1.82) is 0 Å². The fourth-order valence-electron chi connectivity index (χ4n) is 4.90. The van der Waals surface area contributed by atoms with Crippen LogP contribution in [0.3, 0.4) is 0 Å². The van der Waals surface area contributed by atoms with Gasteiger partial charge in [-0.15, -0.1) is 23.2 Å². The highest BCUT2D eigenvalue weighted by Gasteiger charge is 2.67. The number of ether oxygens (including phenoxy) is 2. The van der Waals surface area contributed by atoms with Crippen LogP contribution in [0.1, 0.15) is 68.9 Å². The summed E-state index contributed by atoms with van der Waals surface area (Å²) in [7, 11) is 0. The molecule has 3 aromatic rings. The maximum Gasteiger partial charge on any atom is 0.424 e. The molecule has 0 aliphatic heterocycles. The standard InChI is InChI=1S/C34H32Cl3F4N3O6/c1-15-12-17(42-29(46)24-23(34(24,36)37)16-8-9-20(38)19(35)13-16)14-18(25(15)40)28(45)43-22-11-10-21(39)27(26(22)41)44(30(47)49-32(2,3)4)31(48)50-33(5,6)7/h8-14,23-24H,1-7H3,(H,42,46)(H,43,45). The summed E-state index contributed by atoms with van der Waals surface area (Å²) in [6.07, 6.45) is -2.95. The third-order valence-corrected chi connectivity index (χ3v) is 8.33. The van der Waals surface area contributed by atoms with Crippen molar-refractivity contribution in [3.8, 4) is 0 Å². The lowest BCUT2D eigenvalue weighted by Gasteiger charge is -2.29. The van der Waals surface area contributed by atoms with Gasteiger partial charge in [0, 0.05) is 11.6 Å². The van der Waals surface area contributed by atoms with Gasteiger partial charge in [0.25, 0.3) is 5.91 Å². The molecule has 4 rings (SSSR count). The van der Waals surface area contributed by atoms with E-state index in [9.17, 15) is 23.6 Å². The number of rotatable bonds is 6. The monoisotopic (exact) mass is 759 g/mol. The van der Waals surface area contributed by atoms with Gasteiger partial charge < -0.3 is 20.1 Å². The fraction of sp³-hybridized carbons (Fsp3) is 0.353. The van der Waals surface area contributed by atoms with E-state index in [1.54, 1.807) is 0 Å². The largest absolute Gasteiger partial charge is 0.443 e. The SMILES string of the molecule is Cc1cc(NC(=O)C2C(c3ccc(F)c(Cl)c3)C2(Cl)Cl)cc(C(=O)Nc2ccc(F)c(N(C(=O)OC(C)(C)C)C(=O)OC(C)(C)C)c2F)c1F. The van der Waals surface area contributed by atoms with Gasteiger partial charge in [0.2, 0.25) is 5.91 Å². The Morgan fingerprint density at radius 1 is 0.800 bits per heavy atom. The van der Waals surface area contributed by atoms with Gasteiger partial charge in [0.15, 0.2) is 11.6 Å². The number of alkyl halides is 2. The minimum absolute atomic E-state index is 0.0104. The van der Waals surface area contributed by atoms with Gasteiger partial charge in [-0.2, -0.15) is 4.90 Å². The lowest BCUT2D eigenvalue weighted by molar-refractivity contribution is -0.117. The van der Waals surface area contributed by atoms with Crippen LogP contribution in [-0.2, 0) is 14.3 Å². The van der Waals surface area contributed by atoms with E-state index in [4.69, 9.17) is 44.3 Å². The summed E-state index contributed by atoms with van der Waals surface area (Å²) in [6.45, 7) is 10.1. The Hall–Kier alpha value is -4.07. The van der Waals surface area contributed by atoms with Crippen molar-refractivity contribution < 1.29 is 46.2 Å². The van der Waals surface area contributed by atoms with Crippen LogP contribution in [0.5, 0.6) is 0 Å². The summed E-state index contributed by atoms with van der Waals surface area (Å²) >= 11 is 18.6. The highest BCUT2D eigenvalue weighted by Crippen LogP contribution is 2.65. The zero-order valence-corrected chi connectivity index (χ0v) is 30.0. The molecule has 0 aromatic heterocycles. The predicted molar refractivity (Wildman–Crippen MR) is 181 cm³/mol. The number of nitrogens with zero attached hydrogens (tertiary/aromatic N) is 1. The highest BCUT2D eigenvalue weighted by molar-refractivity contribution is 6.53. The van der Waals surface area contributed by atoms with Crippen molar-refractivity contribution in [2.75, 3.05) is 15.5 Å². The van der Waals surface area contributed by atoms with E-state index in [2.05, 4.69) is 10.6 Å². The van der Waals surface area contributed by atoms with Crippen LogP contribution in [0.15, 0.2) is 42.5 Å². The molecule has 0 spiro atoms. The Kier molecular flexibility index (Phi) is 10.8. The Balaban J connectivity index is 1.63. The van der Waals surface area contributed by atoms with E-state index < -0.39 is 91.6 Å². The Morgan fingerprint density at radius 2 is 1.36 bits per heavy atom. The Bertz CT molecular complexity index is 1870. The second kappa shape index (κ2) is 13.9. The molecule has 0 saturated heterocycles. The molecule has 0 radical (unpaired) electrons. The van der Waals surface area contributed by atoms with Crippen LogP contribution in [0.4, 0.5) is 44.2 Å². The van der Waals surface area contributed by atoms with Gasteiger partial charge in [0.1, 0.15) is 32.9 Å². The molecule has 2 N–H and O–H groups in total. The molecule has 4 amide bonds. The van der Waals surface area contributed by atoms with E-state index in [1.165, 1.54) is 66.7 Å². The van der Waals surface area contributed by atoms with Crippen molar-refractivity contribution in [2.45, 2.75) is 69.9 Å². The molecule has 1 fully saturated rings. The number of amides is 4. The van der Waals surface area contributed by atoms with Gasteiger partial charge >= 0.3 is 12.2 Å². The molecule has 3 aromatic carbocycles. The quantitative estimate of drug-likeness (QED) is 0.191. The first kappa shape index (κ1) is 38.7. The maximum absolute atomic E-state index is 16.0. The van der Waals surface area contributed by atoms with Gasteiger partial charge in [-0.05, 0) is 96.0 Å². The van der Waals surface area contributed by atoms with Gasteiger partial charge in [-0.25, -0.2) is 27.2 Å². The van der Waals surface area contributed by atoms with Crippen LogP contribution in [0.2, 0.25) is 5.02 Å². The number of aryl methyl sites for hydroxylation is 1. The maximum atomic E-state index is 16.0. The summed E-state index contributed by atoms with van der Waals surface area (Å²) in [5.74, 6) is -8.46. The summed E-state index contributed by atoms with van der Waals surface area (Å²) in [5.41, 5.74) is -4.80. The molecule has 2 atom stereocenters. The Morgan fingerprint density at radius 3 is 1.90 bits per heavy atom. The lowest BCUT2D eigenvalue weighted by atomic mass is 10.1. The molecular formula is C34H32Cl3F4N3O6. The number of carbonyl (C=O) groups is 4. The van der Waals surface area contributed by atoms with Crippen molar-refractivity contribution in [2.24, 2.45) is 5.92 Å². The van der Waals surface area contributed by atoms with Gasteiger partial charge in [-0.3, -0.25) is 9.59 Å². The molecule has 16 heteroatoms. The average Bonchev–Trinajstić information content (AvgIpc) is 3.55. The molecule has 2 unspecified atom stereocenters. The normalized spacial score (nSPS) is 16.7. The second-order valence-electron chi connectivity index (χ2n) is 13.5. The smallest absolute Gasteiger partial charge is 0.424 e. The van der Waals surface area contributed by atoms with Crippen LogP contribution in [-0.4, -0.2) is 39.5 Å². The topological polar surface area (TPSA) is 114 Å². The lowest BCUT2D eigenvalue weighted by Crippen LogP contribution is -2.44. The van der Waals surface area contributed by atoms with E-state index in [1.807, 2.05) is 0 Å². The third kappa shape index (κ3) is 8.44. The van der Waals surface area contributed by atoms with E-state index in [-0.39, 0.29) is 21.2 Å². The predicted octanol–water partition coefficient (Wildman–Crippen LogP) is 9.66. The molecule has 0 heterocycles. The molecule has 9 nitrogen and oxygen atoms in total. The van der Waals surface area contributed by atoms with Crippen molar-refractivity contribution >= 4 is 75.9 Å². The number of anilines is 3. The van der Waals surface area contributed by atoms with Crippen LogP contribution >= 0.6 is 34.8 Å². The molecule has 1 aliphatic rings. The molecular weight excluding hydrogens is 729 g/mol. The summed E-state index contributed by atoms with van der Waals surface area (Å²) in [6, 6.07) is 7.41. The first-order valence-electron chi connectivity index (χ1n) is 14.9. The van der Waals surface area contributed by atoms with E-state index >= 15 is 13.2 Å². The summed E-state index contributed by atoms with van der Waals surface area (Å²) in [4.78, 5) is 52.6. The molecule has 1 aliphatic carbocycles. The number of halogens is 7. The van der Waals surface area contributed by atoms with Crippen LogP contribution in [0, 0.1) is 36.1 Å².